The lowest BCUT2D eigenvalue weighted by Gasteiger charge is -2.14. The summed E-state index contributed by atoms with van der Waals surface area (Å²) >= 11 is 0. The minimum atomic E-state index is -0.249. The summed E-state index contributed by atoms with van der Waals surface area (Å²) in [4.78, 5) is 16.5. The van der Waals surface area contributed by atoms with Gasteiger partial charge >= 0.3 is 0 Å². The number of carbonyl (C=O) groups excluding carboxylic acids is 1. The molecular weight excluding hydrogens is 268 g/mol. The van der Waals surface area contributed by atoms with E-state index in [4.69, 9.17) is 9.47 Å². The molecule has 21 heavy (non-hydrogen) atoms. The highest BCUT2D eigenvalue weighted by molar-refractivity contribution is 6.04. The summed E-state index contributed by atoms with van der Waals surface area (Å²) in [5.41, 5.74) is 0.528. The zero-order valence-corrected chi connectivity index (χ0v) is 13.3. The van der Waals surface area contributed by atoms with Gasteiger partial charge in [0.1, 0.15) is 5.75 Å². The minimum Gasteiger partial charge on any atom is -0.497 e. The molecule has 0 heterocycles. The second-order valence-electron chi connectivity index (χ2n) is 5.39. The predicted octanol–water partition coefficient (Wildman–Crippen LogP) is 2.86. The third-order valence-corrected chi connectivity index (χ3v) is 2.52. The van der Waals surface area contributed by atoms with Gasteiger partial charge in [-0.1, -0.05) is 13.8 Å². The Bertz CT molecular complexity index is 479. The Kier molecular flexibility index (Phi) is 6.72. The van der Waals surface area contributed by atoms with E-state index in [1.807, 2.05) is 13.8 Å². The molecule has 0 unspecified atom stereocenters. The average Bonchev–Trinajstić information content (AvgIpc) is 2.44. The largest absolute Gasteiger partial charge is 0.497 e. The van der Waals surface area contributed by atoms with Crippen molar-refractivity contribution in [1.29, 1.82) is 0 Å². The van der Waals surface area contributed by atoms with Crippen LogP contribution in [0, 0.1) is 5.92 Å². The van der Waals surface area contributed by atoms with Gasteiger partial charge in [0.15, 0.2) is 0 Å². The Morgan fingerprint density at radius 2 is 1.81 bits per heavy atom. The van der Waals surface area contributed by atoms with Gasteiger partial charge in [0.2, 0.25) is 0 Å². The number of methoxy groups -OCH3 is 1. The lowest BCUT2D eigenvalue weighted by atomic mass is 10.2. The molecule has 5 nitrogen and oxygen atoms in total. The molecule has 5 heteroatoms. The van der Waals surface area contributed by atoms with Crippen LogP contribution in [-0.2, 0) is 4.74 Å². The number of amides is 1. The van der Waals surface area contributed by atoms with Crippen molar-refractivity contribution in [2.24, 2.45) is 10.9 Å². The lowest BCUT2D eigenvalue weighted by Crippen LogP contribution is -2.34. The minimum absolute atomic E-state index is 0.0490. The van der Waals surface area contributed by atoms with Gasteiger partial charge in [-0.2, -0.15) is 0 Å². The maximum absolute atomic E-state index is 12.2. The zero-order valence-electron chi connectivity index (χ0n) is 13.3. The summed E-state index contributed by atoms with van der Waals surface area (Å²) in [5.74, 6) is 0.855. The van der Waals surface area contributed by atoms with E-state index in [-0.39, 0.29) is 18.0 Å². The molecule has 0 spiro atoms. The van der Waals surface area contributed by atoms with Gasteiger partial charge in [-0.05, 0) is 44.0 Å². The smallest absolute Gasteiger partial charge is 0.291 e. The monoisotopic (exact) mass is 292 g/mol. The van der Waals surface area contributed by atoms with Crippen molar-refractivity contribution < 1.29 is 14.3 Å². The number of benzene rings is 1. The molecule has 0 aromatic heterocycles. The van der Waals surface area contributed by atoms with Gasteiger partial charge in [-0.25, -0.2) is 4.99 Å². The fourth-order valence-corrected chi connectivity index (χ4v) is 1.51. The van der Waals surface area contributed by atoms with E-state index >= 15 is 0 Å². The van der Waals surface area contributed by atoms with Crippen molar-refractivity contribution >= 4 is 11.9 Å². The van der Waals surface area contributed by atoms with E-state index in [0.717, 1.165) is 0 Å². The van der Waals surface area contributed by atoms with Crippen LogP contribution in [0.2, 0.25) is 0 Å². The maximum Gasteiger partial charge on any atom is 0.291 e. The Labute approximate surface area is 126 Å². The fraction of sp³-hybridized carbons (Fsp3) is 0.500. The topological polar surface area (TPSA) is 59.9 Å². The van der Waals surface area contributed by atoms with E-state index in [0.29, 0.717) is 23.8 Å². The first-order chi connectivity index (χ1) is 9.92. The van der Waals surface area contributed by atoms with Gasteiger partial charge < -0.3 is 9.47 Å². The van der Waals surface area contributed by atoms with Crippen LogP contribution in [0.3, 0.4) is 0 Å². The summed E-state index contributed by atoms with van der Waals surface area (Å²) < 4.78 is 10.6. The lowest BCUT2D eigenvalue weighted by molar-refractivity contribution is 0.0959. The average molecular weight is 292 g/mol. The van der Waals surface area contributed by atoms with Crippen molar-refractivity contribution in [2.45, 2.75) is 33.8 Å². The highest BCUT2D eigenvalue weighted by Crippen LogP contribution is 2.11. The van der Waals surface area contributed by atoms with Crippen molar-refractivity contribution in [1.82, 2.24) is 5.32 Å². The van der Waals surface area contributed by atoms with Crippen LogP contribution in [0.5, 0.6) is 5.75 Å². The second kappa shape index (κ2) is 8.29. The molecule has 0 saturated heterocycles. The van der Waals surface area contributed by atoms with Crippen molar-refractivity contribution in [3.05, 3.63) is 29.8 Å². The Morgan fingerprint density at radius 3 is 2.29 bits per heavy atom. The van der Waals surface area contributed by atoms with Crippen molar-refractivity contribution in [3.63, 3.8) is 0 Å². The Balaban J connectivity index is 2.76. The third kappa shape index (κ3) is 6.29. The highest BCUT2D eigenvalue weighted by atomic mass is 16.5. The molecule has 0 aliphatic carbocycles. The molecule has 0 saturated carbocycles. The molecule has 1 amide bonds. The molecule has 1 aromatic rings. The summed E-state index contributed by atoms with van der Waals surface area (Å²) in [6, 6.07) is 7.14. The summed E-state index contributed by atoms with van der Waals surface area (Å²) in [6.45, 7) is 8.50. The molecule has 0 bridgehead atoms. The fourth-order valence-electron chi connectivity index (χ4n) is 1.51. The molecule has 0 aliphatic heterocycles. The van der Waals surface area contributed by atoms with Crippen molar-refractivity contribution in [3.8, 4) is 5.75 Å². The number of nitrogens with zero attached hydrogens (tertiary/aromatic N) is 1. The summed E-state index contributed by atoms with van der Waals surface area (Å²) in [5, 5.41) is 2.71. The van der Waals surface area contributed by atoms with Gasteiger partial charge in [-0.3, -0.25) is 10.1 Å². The van der Waals surface area contributed by atoms with Gasteiger partial charge in [0.05, 0.1) is 13.2 Å². The van der Waals surface area contributed by atoms with Crippen molar-refractivity contribution in [2.75, 3.05) is 13.7 Å². The number of hydrogen-bond donors (Lipinski definition) is 1. The quantitative estimate of drug-likeness (QED) is 0.670. The van der Waals surface area contributed by atoms with Crippen LogP contribution in [0.4, 0.5) is 0 Å². The van der Waals surface area contributed by atoms with E-state index in [1.54, 1.807) is 31.4 Å². The first-order valence-corrected chi connectivity index (χ1v) is 7.09. The number of hydrogen-bond acceptors (Lipinski definition) is 4. The summed E-state index contributed by atoms with van der Waals surface area (Å²) in [7, 11) is 1.59. The first kappa shape index (κ1) is 17.0. The molecule has 1 aromatic carbocycles. The Morgan fingerprint density at radius 1 is 1.19 bits per heavy atom. The van der Waals surface area contributed by atoms with Gasteiger partial charge in [0.25, 0.3) is 11.9 Å². The van der Waals surface area contributed by atoms with E-state index in [1.165, 1.54) is 0 Å². The van der Waals surface area contributed by atoms with E-state index < -0.39 is 0 Å². The van der Waals surface area contributed by atoms with Crippen LogP contribution in [0.25, 0.3) is 0 Å². The second-order valence-corrected chi connectivity index (χ2v) is 5.39. The SMILES string of the molecule is COc1ccc(C(=O)NC(=NCC(C)C)OC(C)C)cc1. The maximum atomic E-state index is 12.2. The molecule has 0 atom stereocenters. The number of aliphatic imine (C=N–C) groups is 1. The molecule has 0 radical (unpaired) electrons. The number of amidine groups is 1. The number of rotatable bonds is 5. The summed E-state index contributed by atoms with van der Waals surface area (Å²) in [6.07, 6.45) is -0.0490. The number of carbonyl (C=O) groups is 1. The van der Waals surface area contributed by atoms with Crippen LogP contribution in [-0.4, -0.2) is 31.7 Å². The standard InChI is InChI=1S/C16H24N2O3/c1-11(2)10-17-16(21-12(3)4)18-15(19)13-6-8-14(20-5)9-7-13/h6-9,11-12H,10H2,1-5H3,(H,17,18,19). The third-order valence-electron chi connectivity index (χ3n) is 2.52. The number of ether oxygens (including phenoxy) is 2. The molecule has 1 rings (SSSR count). The Hall–Kier alpha value is -2.04. The zero-order chi connectivity index (χ0) is 15.8. The van der Waals surface area contributed by atoms with E-state index in [2.05, 4.69) is 24.2 Å². The predicted molar refractivity (Wildman–Crippen MR) is 83.8 cm³/mol. The first-order valence-electron chi connectivity index (χ1n) is 7.09. The van der Waals surface area contributed by atoms with E-state index in [9.17, 15) is 4.79 Å². The molecule has 116 valence electrons. The van der Waals surface area contributed by atoms with Crippen LogP contribution in [0.15, 0.2) is 29.3 Å². The molecule has 1 N–H and O–H groups in total. The number of nitrogens with one attached hydrogen (secondary N) is 1. The molecule has 0 fully saturated rings. The van der Waals surface area contributed by atoms with Gasteiger partial charge in [-0.15, -0.1) is 0 Å². The van der Waals surface area contributed by atoms with Crippen LogP contribution >= 0.6 is 0 Å². The van der Waals surface area contributed by atoms with Crippen LogP contribution < -0.4 is 10.1 Å². The molecular formula is C16H24N2O3. The van der Waals surface area contributed by atoms with Gasteiger partial charge in [0, 0.05) is 12.1 Å². The normalized spacial score (nSPS) is 11.7. The molecule has 0 aliphatic rings. The highest BCUT2D eigenvalue weighted by Gasteiger charge is 2.11. The van der Waals surface area contributed by atoms with Crippen LogP contribution in [0.1, 0.15) is 38.1 Å².